The molecule has 4 nitrogen and oxygen atoms in total. The summed E-state index contributed by atoms with van der Waals surface area (Å²) in [5, 5.41) is 0. The zero-order valence-electron chi connectivity index (χ0n) is 12.5. The van der Waals surface area contributed by atoms with Crippen LogP contribution in [0.25, 0.3) is 0 Å². The lowest BCUT2D eigenvalue weighted by atomic mass is 10.1. The monoisotopic (exact) mass is 275 g/mol. The fourth-order valence-corrected chi connectivity index (χ4v) is 2.91. The Labute approximate surface area is 121 Å². The Kier molecular flexibility index (Phi) is 5.15. The molecule has 1 aromatic carbocycles. The number of carbonyl (C=O) groups is 1. The van der Waals surface area contributed by atoms with E-state index in [-0.39, 0.29) is 5.91 Å². The molecule has 20 heavy (non-hydrogen) atoms. The Morgan fingerprint density at radius 2 is 2.10 bits per heavy atom. The van der Waals surface area contributed by atoms with E-state index in [4.69, 9.17) is 5.73 Å². The predicted molar refractivity (Wildman–Crippen MR) is 81.4 cm³/mol. The number of likely N-dealkylation sites (N-methyl/N-ethyl adjacent to an activating group) is 1. The minimum atomic E-state index is -0.430. The number of nitrogens with zero attached hydrogens (tertiary/aromatic N) is 2. The third kappa shape index (κ3) is 3.81. The largest absolute Gasteiger partial charge is 0.337 e. The van der Waals surface area contributed by atoms with Crippen LogP contribution in [0.4, 0.5) is 0 Å². The number of likely N-dealkylation sites (tertiary alicyclic amines) is 1. The zero-order chi connectivity index (χ0) is 14.5. The first kappa shape index (κ1) is 15.0. The third-order valence-corrected chi connectivity index (χ3v) is 3.85. The minimum Gasteiger partial charge on any atom is -0.337 e. The van der Waals surface area contributed by atoms with Crippen LogP contribution in [0.5, 0.6) is 0 Å². The zero-order valence-corrected chi connectivity index (χ0v) is 12.5. The number of carbonyl (C=O) groups excluding carboxylic acids is 1. The molecule has 0 bridgehead atoms. The van der Waals surface area contributed by atoms with Crippen molar-refractivity contribution in [2.45, 2.75) is 31.3 Å². The number of hydrogen-bond donors (Lipinski definition) is 1. The molecule has 0 spiro atoms. The number of benzene rings is 1. The highest BCUT2D eigenvalue weighted by atomic mass is 16.2. The Bertz CT molecular complexity index is 433. The van der Waals surface area contributed by atoms with Crippen LogP contribution in [0.1, 0.15) is 18.4 Å². The first-order chi connectivity index (χ1) is 9.58. The van der Waals surface area contributed by atoms with E-state index in [0.29, 0.717) is 12.5 Å². The summed E-state index contributed by atoms with van der Waals surface area (Å²) in [6.07, 6.45) is 2.79. The molecule has 0 aromatic heterocycles. The lowest BCUT2D eigenvalue weighted by Gasteiger charge is -2.29. The van der Waals surface area contributed by atoms with Crippen molar-refractivity contribution in [1.82, 2.24) is 9.80 Å². The van der Waals surface area contributed by atoms with Crippen molar-refractivity contribution in [3.8, 4) is 0 Å². The fraction of sp³-hybridized carbons (Fsp3) is 0.562. The van der Waals surface area contributed by atoms with Gasteiger partial charge >= 0.3 is 0 Å². The molecule has 1 heterocycles. The van der Waals surface area contributed by atoms with E-state index in [9.17, 15) is 4.79 Å². The van der Waals surface area contributed by atoms with E-state index in [1.54, 1.807) is 0 Å². The number of hydrogen-bond acceptors (Lipinski definition) is 3. The van der Waals surface area contributed by atoms with Crippen LogP contribution in [-0.4, -0.2) is 55.0 Å². The van der Waals surface area contributed by atoms with Gasteiger partial charge in [-0.2, -0.15) is 0 Å². The topological polar surface area (TPSA) is 49.6 Å². The van der Waals surface area contributed by atoms with Gasteiger partial charge in [0.1, 0.15) is 0 Å². The van der Waals surface area contributed by atoms with E-state index in [1.165, 1.54) is 0 Å². The summed E-state index contributed by atoms with van der Waals surface area (Å²) >= 11 is 0. The van der Waals surface area contributed by atoms with Gasteiger partial charge in [-0.15, -0.1) is 0 Å². The summed E-state index contributed by atoms with van der Waals surface area (Å²) in [5.41, 5.74) is 7.24. The van der Waals surface area contributed by atoms with Gasteiger partial charge < -0.3 is 15.5 Å². The van der Waals surface area contributed by atoms with Crippen molar-refractivity contribution in [3.05, 3.63) is 35.9 Å². The van der Waals surface area contributed by atoms with Crippen LogP contribution in [0.2, 0.25) is 0 Å². The molecule has 2 N–H and O–H groups in total. The second kappa shape index (κ2) is 6.86. The van der Waals surface area contributed by atoms with E-state index < -0.39 is 6.04 Å². The molecule has 2 atom stereocenters. The molecule has 0 saturated carbocycles. The second-order valence-electron chi connectivity index (χ2n) is 5.89. The average molecular weight is 275 g/mol. The maximum absolute atomic E-state index is 12.5. The number of nitrogens with two attached hydrogens (primary N) is 1. The number of rotatable bonds is 5. The maximum atomic E-state index is 12.5. The molecular formula is C16H25N3O. The summed E-state index contributed by atoms with van der Waals surface area (Å²) in [6.45, 7) is 1.77. The van der Waals surface area contributed by atoms with Crippen molar-refractivity contribution in [2.24, 2.45) is 5.73 Å². The van der Waals surface area contributed by atoms with E-state index >= 15 is 0 Å². The first-order valence-corrected chi connectivity index (χ1v) is 7.32. The molecule has 1 fully saturated rings. The fourth-order valence-electron chi connectivity index (χ4n) is 2.91. The van der Waals surface area contributed by atoms with Gasteiger partial charge in [0.15, 0.2) is 0 Å². The molecular weight excluding hydrogens is 250 g/mol. The maximum Gasteiger partial charge on any atom is 0.240 e. The molecule has 1 aliphatic rings. The van der Waals surface area contributed by atoms with Gasteiger partial charge in [0, 0.05) is 19.1 Å². The van der Waals surface area contributed by atoms with Gasteiger partial charge in [-0.05, 0) is 38.9 Å². The molecule has 2 rings (SSSR count). The molecule has 1 unspecified atom stereocenters. The SMILES string of the molecule is CN(C)CC1CCCN1C(=O)[C@H](N)Cc1ccccc1. The Morgan fingerprint density at radius 3 is 2.75 bits per heavy atom. The Balaban J connectivity index is 1.95. The van der Waals surface area contributed by atoms with Crippen molar-refractivity contribution in [3.63, 3.8) is 0 Å². The van der Waals surface area contributed by atoms with E-state index in [1.807, 2.05) is 49.3 Å². The van der Waals surface area contributed by atoms with Gasteiger partial charge in [-0.1, -0.05) is 30.3 Å². The van der Waals surface area contributed by atoms with Crippen LogP contribution in [-0.2, 0) is 11.2 Å². The lowest BCUT2D eigenvalue weighted by Crippen LogP contribution is -2.49. The Hall–Kier alpha value is -1.39. The molecule has 0 aliphatic carbocycles. The van der Waals surface area contributed by atoms with E-state index in [2.05, 4.69) is 4.90 Å². The average Bonchev–Trinajstić information content (AvgIpc) is 2.86. The summed E-state index contributed by atoms with van der Waals surface area (Å²) in [6, 6.07) is 9.88. The lowest BCUT2D eigenvalue weighted by molar-refractivity contribution is -0.133. The van der Waals surface area contributed by atoms with Crippen LogP contribution >= 0.6 is 0 Å². The molecule has 1 aliphatic heterocycles. The summed E-state index contributed by atoms with van der Waals surface area (Å²) in [5.74, 6) is 0.0956. The third-order valence-electron chi connectivity index (χ3n) is 3.85. The van der Waals surface area contributed by atoms with Crippen LogP contribution < -0.4 is 5.73 Å². The van der Waals surface area contributed by atoms with Crippen molar-refractivity contribution >= 4 is 5.91 Å². The summed E-state index contributed by atoms with van der Waals surface area (Å²) in [4.78, 5) is 16.6. The molecule has 1 saturated heterocycles. The summed E-state index contributed by atoms with van der Waals surface area (Å²) in [7, 11) is 4.09. The molecule has 0 radical (unpaired) electrons. The van der Waals surface area contributed by atoms with Gasteiger partial charge in [0.2, 0.25) is 5.91 Å². The molecule has 110 valence electrons. The van der Waals surface area contributed by atoms with Crippen LogP contribution in [0.15, 0.2) is 30.3 Å². The highest BCUT2D eigenvalue weighted by Crippen LogP contribution is 2.19. The van der Waals surface area contributed by atoms with Crippen LogP contribution in [0, 0.1) is 0 Å². The minimum absolute atomic E-state index is 0.0956. The predicted octanol–water partition coefficient (Wildman–Crippen LogP) is 1.11. The summed E-state index contributed by atoms with van der Waals surface area (Å²) < 4.78 is 0. The van der Waals surface area contributed by atoms with Gasteiger partial charge in [0.05, 0.1) is 6.04 Å². The van der Waals surface area contributed by atoms with Gasteiger partial charge in [-0.25, -0.2) is 0 Å². The first-order valence-electron chi connectivity index (χ1n) is 7.32. The Morgan fingerprint density at radius 1 is 1.40 bits per heavy atom. The second-order valence-corrected chi connectivity index (χ2v) is 5.89. The van der Waals surface area contributed by atoms with Crippen molar-refractivity contribution in [1.29, 1.82) is 0 Å². The van der Waals surface area contributed by atoms with Gasteiger partial charge in [0.25, 0.3) is 0 Å². The quantitative estimate of drug-likeness (QED) is 0.876. The van der Waals surface area contributed by atoms with Gasteiger partial charge in [-0.3, -0.25) is 4.79 Å². The highest BCUT2D eigenvalue weighted by Gasteiger charge is 2.31. The van der Waals surface area contributed by atoms with Crippen LogP contribution in [0.3, 0.4) is 0 Å². The highest BCUT2D eigenvalue weighted by molar-refractivity contribution is 5.82. The normalized spacial score (nSPS) is 20.4. The van der Waals surface area contributed by atoms with Crippen molar-refractivity contribution < 1.29 is 4.79 Å². The van der Waals surface area contributed by atoms with Crippen molar-refractivity contribution in [2.75, 3.05) is 27.2 Å². The number of amides is 1. The standard InChI is InChI=1S/C16H25N3O/c1-18(2)12-14-9-6-10-19(14)16(20)15(17)11-13-7-4-3-5-8-13/h3-5,7-8,14-15H,6,9-12,17H2,1-2H3/t14?,15-/m1/s1. The molecule has 1 aromatic rings. The van der Waals surface area contributed by atoms with E-state index in [0.717, 1.165) is 31.5 Å². The smallest absolute Gasteiger partial charge is 0.240 e. The molecule has 1 amide bonds. The molecule has 4 heteroatoms.